The van der Waals surface area contributed by atoms with Crippen LogP contribution in [-0.2, 0) is 9.59 Å². The maximum absolute atomic E-state index is 14.1. The summed E-state index contributed by atoms with van der Waals surface area (Å²) in [7, 11) is 0. The van der Waals surface area contributed by atoms with Gasteiger partial charge in [0.05, 0.1) is 11.4 Å². The molecule has 2 amide bonds. The monoisotopic (exact) mass is 528 g/mol. The highest BCUT2D eigenvalue weighted by Crippen LogP contribution is 2.43. The van der Waals surface area contributed by atoms with Gasteiger partial charge in [-0.25, -0.2) is 0 Å². The van der Waals surface area contributed by atoms with Crippen molar-refractivity contribution in [1.29, 1.82) is 0 Å². The van der Waals surface area contributed by atoms with Crippen LogP contribution in [0.15, 0.2) is 145 Å². The highest BCUT2D eigenvalue weighted by Gasteiger charge is 2.47. The molecular formula is C34H28N2O4. The molecule has 0 saturated heterocycles. The van der Waals surface area contributed by atoms with Gasteiger partial charge in [0, 0.05) is 22.3 Å². The molecule has 2 aliphatic rings. The smallest absolute Gasteiger partial charge is 0.263 e. The molecule has 198 valence electrons. The Hall–Kier alpha value is -5.36. The van der Waals surface area contributed by atoms with Gasteiger partial charge < -0.3 is 0 Å². The van der Waals surface area contributed by atoms with Crippen LogP contribution in [0.4, 0.5) is 11.4 Å². The van der Waals surface area contributed by atoms with E-state index in [1.807, 2.05) is 6.92 Å². The van der Waals surface area contributed by atoms with Crippen molar-refractivity contribution < 1.29 is 19.2 Å². The first-order valence-corrected chi connectivity index (χ1v) is 12.7. The Morgan fingerprint density at radius 2 is 1.15 bits per heavy atom. The molecular weight excluding hydrogens is 500 g/mol. The summed E-state index contributed by atoms with van der Waals surface area (Å²) in [5.74, 6) is -2.14. The number of carbonyl (C=O) groups excluding carboxylic acids is 4. The van der Waals surface area contributed by atoms with Crippen LogP contribution in [0.1, 0.15) is 34.6 Å². The Labute approximate surface area is 233 Å². The molecule has 0 aliphatic carbocycles. The molecule has 2 aromatic carbocycles. The summed E-state index contributed by atoms with van der Waals surface area (Å²) in [5.41, 5.74) is 1.30. The molecule has 0 spiro atoms. The van der Waals surface area contributed by atoms with Gasteiger partial charge in [-0.05, 0) is 50.3 Å². The van der Waals surface area contributed by atoms with Gasteiger partial charge in [-0.15, -0.1) is 0 Å². The Balaban J connectivity index is 2.05. The van der Waals surface area contributed by atoms with E-state index in [2.05, 4.69) is 13.2 Å². The van der Waals surface area contributed by atoms with E-state index >= 15 is 0 Å². The zero-order valence-electron chi connectivity index (χ0n) is 22.3. The van der Waals surface area contributed by atoms with E-state index in [1.165, 1.54) is 28.0 Å². The summed E-state index contributed by atoms with van der Waals surface area (Å²) < 4.78 is 0. The first-order chi connectivity index (χ1) is 19.4. The largest absolute Gasteiger partial charge is 0.287 e. The normalized spacial score (nSPS) is 17.4. The van der Waals surface area contributed by atoms with Crippen molar-refractivity contribution in [2.24, 2.45) is 0 Å². The van der Waals surface area contributed by atoms with Gasteiger partial charge in [-0.3, -0.25) is 29.0 Å². The van der Waals surface area contributed by atoms with Crippen LogP contribution >= 0.6 is 0 Å². The molecule has 2 heterocycles. The minimum Gasteiger partial charge on any atom is -0.287 e. The van der Waals surface area contributed by atoms with Crippen molar-refractivity contribution in [2.75, 3.05) is 9.80 Å². The van der Waals surface area contributed by atoms with Crippen LogP contribution in [0.2, 0.25) is 0 Å². The van der Waals surface area contributed by atoms with E-state index in [9.17, 15) is 19.2 Å². The molecule has 6 heteroatoms. The van der Waals surface area contributed by atoms with Gasteiger partial charge in [-0.2, -0.15) is 0 Å². The van der Waals surface area contributed by atoms with Gasteiger partial charge in [-0.1, -0.05) is 86.0 Å². The number of hydrogen-bond donors (Lipinski definition) is 0. The first-order valence-electron chi connectivity index (χ1n) is 12.7. The molecule has 0 aromatic heterocycles. The molecule has 2 aliphatic heterocycles. The molecule has 0 saturated carbocycles. The van der Waals surface area contributed by atoms with Gasteiger partial charge in [0.2, 0.25) is 11.6 Å². The minimum atomic E-state index is -0.562. The lowest BCUT2D eigenvalue weighted by atomic mass is 10.1. The number of amides is 2. The number of ketones is 2. The lowest BCUT2D eigenvalue weighted by molar-refractivity contribution is -0.115. The molecule has 40 heavy (non-hydrogen) atoms. The second-order valence-electron chi connectivity index (χ2n) is 8.77. The zero-order valence-corrected chi connectivity index (χ0v) is 22.3. The fourth-order valence-electron chi connectivity index (χ4n) is 4.60. The molecule has 0 N–H and O–H groups in total. The van der Waals surface area contributed by atoms with E-state index in [0.29, 0.717) is 16.9 Å². The third kappa shape index (κ3) is 4.78. The number of benzene rings is 2. The van der Waals surface area contributed by atoms with Crippen molar-refractivity contribution in [3.63, 3.8) is 0 Å². The number of para-hydroxylation sites is 2. The zero-order chi connectivity index (χ0) is 28.8. The number of anilines is 2. The maximum atomic E-state index is 14.1. The molecule has 0 atom stereocenters. The average Bonchev–Trinajstić information content (AvgIpc) is 3.43. The number of allylic oxidation sites excluding steroid dienone is 10. The predicted octanol–water partition coefficient (Wildman–Crippen LogP) is 6.59. The standard InChI is InChI=1S/C34H28N2O4/c1-5-9-17-23(15-7-3)33(39)35-27-21-13-11-19-25(27)31(37)29(35)30-32(38)26-20-12-14-22-28(26)36(30)34(40)24(16-8-4)18-10-6-2/h5-22H,1,3H2,2,4H3/b10-6-,16-8-,17-9-,23-15+,24-18+,30-29+. The molecule has 0 unspecified atom stereocenters. The van der Waals surface area contributed by atoms with Gasteiger partial charge in [0.25, 0.3) is 11.8 Å². The molecule has 0 bridgehead atoms. The van der Waals surface area contributed by atoms with Gasteiger partial charge >= 0.3 is 0 Å². The number of hydrogen-bond acceptors (Lipinski definition) is 4. The van der Waals surface area contributed by atoms with Crippen molar-refractivity contribution in [2.45, 2.75) is 13.8 Å². The van der Waals surface area contributed by atoms with Crippen molar-refractivity contribution >= 4 is 34.8 Å². The molecule has 6 nitrogen and oxygen atoms in total. The van der Waals surface area contributed by atoms with Crippen molar-refractivity contribution in [3.8, 4) is 0 Å². The Kier molecular flexibility index (Phi) is 8.30. The Morgan fingerprint density at radius 3 is 1.60 bits per heavy atom. The van der Waals surface area contributed by atoms with Crippen LogP contribution in [0.3, 0.4) is 0 Å². The van der Waals surface area contributed by atoms with Gasteiger partial charge in [0.1, 0.15) is 11.4 Å². The topological polar surface area (TPSA) is 74.8 Å². The quantitative estimate of drug-likeness (QED) is 0.300. The Morgan fingerprint density at radius 1 is 0.650 bits per heavy atom. The fraction of sp³-hybridized carbons (Fsp3) is 0.0588. The lowest BCUT2D eigenvalue weighted by Crippen LogP contribution is -2.37. The number of carbonyl (C=O) groups is 4. The van der Waals surface area contributed by atoms with E-state index < -0.39 is 23.4 Å². The predicted molar refractivity (Wildman–Crippen MR) is 159 cm³/mol. The summed E-state index contributed by atoms with van der Waals surface area (Å²) in [4.78, 5) is 58.5. The summed E-state index contributed by atoms with van der Waals surface area (Å²) in [6.07, 6.45) is 16.1. The van der Waals surface area contributed by atoms with E-state index in [-0.39, 0.29) is 28.1 Å². The number of fused-ring (bicyclic) bond motifs is 2. The number of rotatable bonds is 7. The van der Waals surface area contributed by atoms with E-state index in [1.54, 1.807) is 98.0 Å². The first kappa shape index (κ1) is 27.7. The minimum absolute atomic E-state index is 0.178. The van der Waals surface area contributed by atoms with Crippen LogP contribution < -0.4 is 9.80 Å². The molecule has 0 fully saturated rings. The summed E-state index contributed by atoms with van der Waals surface area (Å²) in [6, 6.07) is 13.3. The fourth-order valence-corrected chi connectivity index (χ4v) is 4.60. The van der Waals surface area contributed by atoms with Crippen LogP contribution in [0, 0.1) is 0 Å². The SMILES string of the molecule is C=C/C=C\C(=C/C=C)C(=O)N1/C(=C2\C(=O)c3ccccc3N2C(=O)C(/C=C\C)=C/C=C\C)C(=O)c2ccccc21. The van der Waals surface area contributed by atoms with Crippen LogP contribution in [0.5, 0.6) is 0 Å². The summed E-state index contributed by atoms with van der Waals surface area (Å²) >= 11 is 0. The van der Waals surface area contributed by atoms with E-state index in [4.69, 9.17) is 0 Å². The highest BCUT2D eigenvalue weighted by molar-refractivity contribution is 6.36. The third-order valence-corrected chi connectivity index (χ3v) is 6.30. The average molecular weight is 529 g/mol. The van der Waals surface area contributed by atoms with Crippen LogP contribution in [0.25, 0.3) is 0 Å². The molecule has 0 radical (unpaired) electrons. The highest BCUT2D eigenvalue weighted by atomic mass is 16.2. The van der Waals surface area contributed by atoms with Gasteiger partial charge in [0.15, 0.2) is 0 Å². The Bertz CT molecular complexity index is 1540. The molecule has 2 aromatic rings. The number of Topliss-reactive ketones (excluding diaryl/α,β-unsaturated/α-hetero) is 2. The third-order valence-electron chi connectivity index (χ3n) is 6.30. The van der Waals surface area contributed by atoms with Crippen molar-refractivity contribution in [1.82, 2.24) is 0 Å². The second kappa shape index (κ2) is 12.0. The summed E-state index contributed by atoms with van der Waals surface area (Å²) in [5, 5.41) is 0. The second-order valence-corrected chi connectivity index (χ2v) is 8.77. The molecule has 4 rings (SSSR count). The maximum Gasteiger partial charge on any atom is 0.263 e. The number of nitrogens with zero attached hydrogens (tertiary/aromatic N) is 2. The lowest BCUT2D eigenvalue weighted by Gasteiger charge is -2.25. The van der Waals surface area contributed by atoms with Crippen molar-refractivity contribution in [3.05, 3.63) is 156 Å². The van der Waals surface area contributed by atoms with Crippen LogP contribution in [-0.4, -0.2) is 23.4 Å². The summed E-state index contributed by atoms with van der Waals surface area (Å²) in [6.45, 7) is 11.0. The van der Waals surface area contributed by atoms with E-state index in [0.717, 1.165) is 0 Å².